The van der Waals surface area contributed by atoms with E-state index in [1.54, 1.807) is 13.2 Å². The average molecular weight is 630 g/mol. The summed E-state index contributed by atoms with van der Waals surface area (Å²) in [6, 6.07) is 1.43. The Labute approximate surface area is 260 Å². The van der Waals surface area contributed by atoms with Gasteiger partial charge in [-0.25, -0.2) is 13.4 Å². The summed E-state index contributed by atoms with van der Waals surface area (Å²) in [5.41, 5.74) is 1.18. The van der Waals surface area contributed by atoms with Crippen LogP contribution in [0.15, 0.2) is 41.0 Å². The topological polar surface area (TPSA) is 123 Å². The van der Waals surface area contributed by atoms with Gasteiger partial charge in [0.25, 0.3) is 0 Å². The van der Waals surface area contributed by atoms with Gasteiger partial charge in [0.15, 0.2) is 15.7 Å². The van der Waals surface area contributed by atoms with E-state index in [0.29, 0.717) is 41.2 Å². The Morgan fingerprint density at radius 1 is 1.05 bits per heavy atom. The van der Waals surface area contributed by atoms with Crippen LogP contribution in [-0.4, -0.2) is 52.1 Å². The molecule has 0 bridgehead atoms. The predicted molar refractivity (Wildman–Crippen MR) is 169 cm³/mol. The molecule has 234 valence electrons. The average Bonchev–Trinajstić information content (AvgIpc) is 3.88. The second kappa shape index (κ2) is 12.4. The number of hydrogen-bond acceptors (Lipinski definition) is 9. The van der Waals surface area contributed by atoms with Gasteiger partial charge in [-0.2, -0.15) is 10.1 Å². The summed E-state index contributed by atoms with van der Waals surface area (Å²) in [5, 5.41) is 14.8. The summed E-state index contributed by atoms with van der Waals surface area (Å²) in [4.78, 5) is 9.05. The molecule has 2 unspecified atom stereocenters. The molecule has 6 rings (SSSR count). The van der Waals surface area contributed by atoms with Crippen LogP contribution in [0.25, 0.3) is 0 Å². The van der Waals surface area contributed by atoms with Crippen LogP contribution in [0.2, 0.25) is 5.02 Å². The first-order chi connectivity index (χ1) is 20.5. The van der Waals surface area contributed by atoms with Crippen LogP contribution in [0, 0.1) is 23.7 Å². The fourth-order valence-electron chi connectivity index (χ4n) is 6.33. The van der Waals surface area contributed by atoms with Crippen molar-refractivity contribution in [3.8, 4) is 0 Å². The molecule has 2 aromatic rings. The predicted octanol–water partition coefficient (Wildman–Crippen LogP) is 5.97. The van der Waals surface area contributed by atoms with Crippen molar-refractivity contribution in [2.75, 3.05) is 16.4 Å². The third-order valence-electron chi connectivity index (χ3n) is 8.71. The zero-order valence-corrected chi connectivity index (χ0v) is 27.1. The second-order valence-electron chi connectivity index (χ2n) is 13.3. The molecule has 12 heteroatoms. The molecular weight excluding hydrogens is 586 g/mol. The molecule has 2 atom stereocenters. The van der Waals surface area contributed by atoms with Gasteiger partial charge < -0.3 is 20.7 Å². The Bertz CT molecular complexity index is 1490. The molecule has 2 heterocycles. The van der Waals surface area contributed by atoms with Gasteiger partial charge >= 0.3 is 0 Å². The van der Waals surface area contributed by atoms with Gasteiger partial charge in [-0.15, -0.1) is 0 Å². The molecule has 0 spiro atoms. The standard InChI is InChI=1S/C31H44ClN7O3S/c1-18(2)17-43(40,41)30-27(16-39(4)38-30)35-29-25(32)15-33-31(37-29)36-26-13-19(3)24(14-28(26)42-23-11-12-23)20-5-7-21(8-6-20)34-22-9-10-22/h13-16,18-24,34H,5-12,17H2,1-4H3,(H2,33,35,36,37)/t19?,20-,21-,24?. The molecule has 0 aliphatic heterocycles. The Morgan fingerprint density at radius 2 is 1.74 bits per heavy atom. The number of hydrogen-bond donors (Lipinski definition) is 3. The highest BCUT2D eigenvalue weighted by Crippen LogP contribution is 2.42. The van der Waals surface area contributed by atoms with Gasteiger partial charge in [-0.1, -0.05) is 38.4 Å². The van der Waals surface area contributed by atoms with Gasteiger partial charge in [0, 0.05) is 25.3 Å². The van der Waals surface area contributed by atoms with E-state index < -0.39 is 9.84 Å². The summed E-state index contributed by atoms with van der Waals surface area (Å²) in [7, 11) is -1.92. The van der Waals surface area contributed by atoms with Gasteiger partial charge in [0.05, 0.1) is 29.4 Å². The monoisotopic (exact) mass is 629 g/mol. The Kier molecular flexibility index (Phi) is 8.77. The van der Waals surface area contributed by atoms with Crippen molar-refractivity contribution in [1.29, 1.82) is 0 Å². The third-order valence-corrected chi connectivity index (χ3v) is 11.0. The molecule has 3 fully saturated rings. The first-order valence-electron chi connectivity index (χ1n) is 15.7. The largest absolute Gasteiger partial charge is 0.489 e. The number of rotatable bonds is 12. The number of aromatic nitrogens is 4. The summed E-state index contributed by atoms with van der Waals surface area (Å²) in [5.74, 6) is 2.87. The lowest BCUT2D eigenvalue weighted by atomic mass is 9.71. The summed E-state index contributed by atoms with van der Waals surface area (Å²) < 4.78 is 33.9. The van der Waals surface area contributed by atoms with Crippen molar-refractivity contribution < 1.29 is 13.2 Å². The minimum atomic E-state index is -3.61. The lowest BCUT2D eigenvalue weighted by Crippen LogP contribution is -2.37. The quantitative estimate of drug-likeness (QED) is 0.260. The van der Waals surface area contributed by atoms with E-state index in [-0.39, 0.29) is 27.8 Å². The normalized spacial score (nSPS) is 26.2. The van der Waals surface area contributed by atoms with E-state index in [1.807, 2.05) is 13.8 Å². The van der Waals surface area contributed by atoms with E-state index in [1.165, 1.54) is 49.4 Å². The first kappa shape index (κ1) is 30.4. The van der Waals surface area contributed by atoms with E-state index >= 15 is 0 Å². The number of allylic oxidation sites excluding steroid dienone is 2. The van der Waals surface area contributed by atoms with E-state index in [2.05, 4.69) is 50.1 Å². The smallest absolute Gasteiger partial charge is 0.229 e. The highest BCUT2D eigenvalue weighted by atomic mass is 35.5. The van der Waals surface area contributed by atoms with Gasteiger partial charge in [0.2, 0.25) is 11.0 Å². The molecule has 2 aromatic heterocycles. The zero-order valence-electron chi connectivity index (χ0n) is 25.5. The number of nitrogens with one attached hydrogen (secondary N) is 3. The number of ether oxygens (including phenoxy) is 1. The highest BCUT2D eigenvalue weighted by Gasteiger charge is 2.36. The van der Waals surface area contributed by atoms with Crippen LogP contribution in [0.4, 0.5) is 17.5 Å². The molecule has 4 aliphatic rings. The Hall–Kier alpha value is -2.63. The van der Waals surface area contributed by atoms with E-state index in [0.717, 1.165) is 30.3 Å². The molecular formula is C31H44ClN7O3S. The lowest BCUT2D eigenvalue weighted by Gasteiger charge is -2.37. The van der Waals surface area contributed by atoms with Crippen LogP contribution < -0.4 is 16.0 Å². The van der Waals surface area contributed by atoms with Crippen LogP contribution in [0.1, 0.15) is 72.1 Å². The van der Waals surface area contributed by atoms with Crippen molar-refractivity contribution in [1.82, 2.24) is 25.1 Å². The van der Waals surface area contributed by atoms with Crippen LogP contribution in [-0.2, 0) is 21.6 Å². The first-order valence-corrected chi connectivity index (χ1v) is 17.8. The van der Waals surface area contributed by atoms with Crippen molar-refractivity contribution in [3.63, 3.8) is 0 Å². The minimum Gasteiger partial charge on any atom is -0.489 e. The number of sulfone groups is 1. The number of halogens is 1. The Morgan fingerprint density at radius 3 is 2.40 bits per heavy atom. The second-order valence-corrected chi connectivity index (χ2v) is 15.6. The molecule has 43 heavy (non-hydrogen) atoms. The van der Waals surface area contributed by atoms with Crippen LogP contribution in [0.3, 0.4) is 0 Å². The molecule has 3 saturated carbocycles. The fourth-order valence-corrected chi connectivity index (χ4v) is 8.19. The minimum absolute atomic E-state index is 0.00869. The molecule has 0 saturated heterocycles. The highest BCUT2D eigenvalue weighted by molar-refractivity contribution is 7.91. The summed E-state index contributed by atoms with van der Waals surface area (Å²) in [6.07, 6.45) is 17.7. The maximum absolute atomic E-state index is 13.0. The molecule has 0 amide bonds. The van der Waals surface area contributed by atoms with Crippen molar-refractivity contribution in [2.24, 2.45) is 30.7 Å². The van der Waals surface area contributed by atoms with E-state index in [4.69, 9.17) is 16.3 Å². The van der Waals surface area contributed by atoms with Gasteiger partial charge in [-0.3, -0.25) is 4.68 Å². The third kappa shape index (κ3) is 7.54. The maximum atomic E-state index is 13.0. The van der Waals surface area contributed by atoms with Crippen LogP contribution in [0.5, 0.6) is 0 Å². The van der Waals surface area contributed by atoms with Crippen LogP contribution >= 0.6 is 11.6 Å². The molecule has 0 aromatic carbocycles. The van der Waals surface area contributed by atoms with Crippen molar-refractivity contribution >= 4 is 38.9 Å². The van der Waals surface area contributed by atoms with Gasteiger partial charge in [-0.05, 0) is 81.1 Å². The van der Waals surface area contributed by atoms with Crippen molar-refractivity contribution in [3.05, 3.63) is 41.0 Å². The Balaban J connectivity index is 1.18. The molecule has 4 aliphatic carbocycles. The maximum Gasteiger partial charge on any atom is 0.229 e. The van der Waals surface area contributed by atoms with E-state index in [9.17, 15) is 8.42 Å². The number of anilines is 3. The molecule has 0 radical (unpaired) electrons. The SMILES string of the molecule is CC(C)CS(=O)(=O)c1nn(C)cc1Nc1nc(NC2=CC(C)C([C@H]3CC[C@H](NC4CC4)CC3)C=C2OC2CC2)ncc1Cl. The summed E-state index contributed by atoms with van der Waals surface area (Å²) in [6.45, 7) is 6.01. The number of nitrogens with zero attached hydrogens (tertiary/aromatic N) is 4. The summed E-state index contributed by atoms with van der Waals surface area (Å²) >= 11 is 6.47. The molecule has 3 N–H and O–H groups in total. The lowest BCUT2D eigenvalue weighted by molar-refractivity contribution is 0.179. The fraction of sp³-hybridized carbons (Fsp3) is 0.645. The molecule has 10 nitrogen and oxygen atoms in total. The number of aryl methyl sites for hydroxylation is 1. The van der Waals surface area contributed by atoms with Crippen molar-refractivity contribution in [2.45, 2.75) is 95.4 Å². The zero-order chi connectivity index (χ0) is 30.3. The van der Waals surface area contributed by atoms with Gasteiger partial charge in [0.1, 0.15) is 10.8 Å².